The summed E-state index contributed by atoms with van der Waals surface area (Å²) in [7, 11) is 0. The molecule has 5 aromatic carbocycles. The zero-order valence-electron chi connectivity index (χ0n) is 28.5. The number of hydrogen-bond donors (Lipinski definition) is 0. The monoisotopic (exact) mass is 667 g/mol. The van der Waals surface area contributed by atoms with E-state index in [2.05, 4.69) is 89.8 Å². The molecule has 0 radical (unpaired) electrons. The summed E-state index contributed by atoms with van der Waals surface area (Å²) < 4.78 is 23.3. The molecule has 2 heterocycles. The summed E-state index contributed by atoms with van der Waals surface area (Å²) in [6.07, 6.45) is 7.63. The smallest absolute Gasteiger partial charge is 0.119 e. The topological polar surface area (TPSA) is 55.8 Å². The minimum absolute atomic E-state index is 0.185. The van der Waals surface area contributed by atoms with E-state index in [9.17, 15) is 0 Å². The zero-order chi connectivity index (χ0) is 33.8. The number of benzene rings is 5. The highest BCUT2D eigenvalue weighted by molar-refractivity contribution is 5.84. The van der Waals surface area contributed by atoms with Gasteiger partial charge in [0.05, 0.1) is 43.0 Å². The first-order chi connectivity index (χ1) is 24.8. The average Bonchev–Trinajstić information content (AvgIpc) is 3.91. The van der Waals surface area contributed by atoms with Crippen LogP contribution in [0.5, 0.6) is 5.75 Å². The molecule has 2 aliphatic heterocycles. The lowest BCUT2D eigenvalue weighted by atomic mass is 10.1. The normalized spacial score (nSPS) is 17.3. The van der Waals surface area contributed by atoms with Gasteiger partial charge in [-0.25, -0.2) is 5.01 Å². The molecule has 7 rings (SSSR count). The van der Waals surface area contributed by atoms with Crippen LogP contribution in [0.4, 0.5) is 28.4 Å². The zero-order valence-corrected chi connectivity index (χ0v) is 28.5. The fraction of sp³-hybridized carbons (Fsp3) is 0.279. The molecular formula is C43H45N3O4. The number of anilines is 5. The Hall–Kier alpha value is -4.95. The predicted molar refractivity (Wildman–Crippen MR) is 202 cm³/mol. The van der Waals surface area contributed by atoms with E-state index in [-0.39, 0.29) is 12.2 Å². The van der Waals surface area contributed by atoms with Gasteiger partial charge in [0.15, 0.2) is 0 Å². The van der Waals surface area contributed by atoms with Gasteiger partial charge in [-0.1, -0.05) is 60.7 Å². The second-order valence-corrected chi connectivity index (χ2v) is 12.7. The Morgan fingerprint density at radius 1 is 0.600 bits per heavy atom. The molecule has 0 N–H and O–H groups in total. The largest absolute Gasteiger partial charge is 0.491 e. The molecule has 2 fully saturated rings. The summed E-state index contributed by atoms with van der Waals surface area (Å²) in [5, 5.41) is 6.89. The van der Waals surface area contributed by atoms with Crippen LogP contribution in [0.1, 0.15) is 36.8 Å². The van der Waals surface area contributed by atoms with E-state index in [0.717, 1.165) is 85.1 Å². The fourth-order valence-corrected chi connectivity index (χ4v) is 6.35. The van der Waals surface area contributed by atoms with E-state index >= 15 is 0 Å². The van der Waals surface area contributed by atoms with E-state index in [0.29, 0.717) is 19.8 Å². The minimum atomic E-state index is 0.185. The van der Waals surface area contributed by atoms with Gasteiger partial charge in [0, 0.05) is 30.3 Å². The molecule has 7 heteroatoms. The first-order valence-corrected chi connectivity index (χ1v) is 17.8. The summed E-state index contributed by atoms with van der Waals surface area (Å²) in [5.41, 5.74) is 7.43. The number of nitrogens with zero attached hydrogens (tertiary/aromatic N) is 3. The third-order valence-corrected chi connectivity index (χ3v) is 9.09. The number of ether oxygens (including phenoxy) is 4. The second kappa shape index (κ2) is 17.1. The quantitative estimate of drug-likeness (QED) is 0.0630. The molecule has 0 aromatic heterocycles. The highest BCUT2D eigenvalue weighted by atomic mass is 16.5. The molecule has 7 nitrogen and oxygen atoms in total. The molecule has 256 valence electrons. The lowest BCUT2D eigenvalue weighted by molar-refractivity contribution is 0.0183. The van der Waals surface area contributed by atoms with Gasteiger partial charge in [0.1, 0.15) is 12.4 Å². The predicted octanol–water partition coefficient (Wildman–Crippen LogP) is 9.62. The Morgan fingerprint density at radius 2 is 1.14 bits per heavy atom. The highest BCUT2D eigenvalue weighted by Crippen LogP contribution is 2.35. The number of rotatable bonds is 15. The number of hydrazone groups is 1. The molecule has 0 bridgehead atoms. The molecule has 2 saturated heterocycles. The van der Waals surface area contributed by atoms with Gasteiger partial charge in [-0.2, -0.15) is 5.10 Å². The van der Waals surface area contributed by atoms with Crippen molar-refractivity contribution in [2.45, 2.75) is 44.3 Å². The summed E-state index contributed by atoms with van der Waals surface area (Å²) in [5.74, 6) is 0.827. The highest BCUT2D eigenvalue weighted by Gasteiger charge is 2.17. The average molecular weight is 668 g/mol. The molecule has 0 aliphatic carbocycles. The van der Waals surface area contributed by atoms with Gasteiger partial charge < -0.3 is 23.8 Å². The molecule has 0 amide bonds. The van der Waals surface area contributed by atoms with Gasteiger partial charge in [-0.05, 0) is 116 Å². The maximum atomic E-state index is 6.00. The van der Waals surface area contributed by atoms with E-state index in [1.165, 1.54) is 5.56 Å². The summed E-state index contributed by atoms with van der Waals surface area (Å²) >= 11 is 0. The fourth-order valence-electron chi connectivity index (χ4n) is 6.35. The molecule has 0 spiro atoms. The van der Waals surface area contributed by atoms with Crippen molar-refractivity contribution >= 4 is 34.7 Å². The van der Waals surface area contributed by atoms with Gasteiger partial charge in [-0.15, -0.1) is 0 Å². The van der Waals surface area contributed by atoms with Crippen molar-refractivity contribution in [3.63, 3.8) is 0 Å². The summed E-state index contributed by atoms with van der Waals surface area (Å²) in [4.78, 5) is 2.28. The van der Waals surface area contributed by atoms with Crippen molar-refractivity contribution in [1.82, 2.24) is 0 Å². The standard InChI is InChI=1S/C43H45N3O4/c1-3-9-36(10-4-1)45(37-19-15-34(16-20-37)27-30-47-32-42-13-7-28-48-42)38-21-17-35(18-22-38)31-44-46(39-11-5-2-6-12-39)40-23-25-41(26-24-40)50-33-43-14-8-29-49-43/h1-6,9-12,15-26,31,42-43H,7-8,13-14,27-30,32-33H2. The van der Waals surface area contributed by atoms with Crippen LogP contribution in [0.15, 0.2) is 139 Å². The Kier molecular flexibility index (Phi) is 11.5. The lowest BCUT2D eigenvalue weighted by Crippen LogP contribution is -2.16. The first kappa shape index (κ1) is 33.5. The third kappa shape index (κ3) is 8.98. The number of hydrogen-bond acceptors (Lipinski definition) is 7. The maximum absolute atomic E-state index is 6.00. The molecule has 0 saturated carbocycles. The van der Waals surface area contributed by atoms with Gasteiger partial charge in [0.25, 0.3) is 0 Å². The van der Waals surface area contributed by atoms with Crippen molar-refractivity contribution in [2.75, 3.05) is 42.9 Å². The van der Waals surface area contributed by atoms with Gasteiger partial charge in [0.2, 0.25) is 0 Å². The third-order valence-electron chi connectivity index (χ3n) is 9.09. The van der Waals surface area contributed by atoms with Crippen LogP contribution >= 0.6 is 0 Å². The molecular weight excluding hydrogens is 622 g/mol. The SMILES string of the molecule is C(=NN(c1ccccc1)c1ccc(OCC2CCCO2)cc1)c1ccc(N(c2ccccc2)c2ccc(CCOCC3CCCO3)cc2)cc1. The Bertz CT molecular complexity index is 1750. The van der Waals surface area contributed by atoms with Crippen molar-refractivity contribution < 1.29 is 18.9 Å². The van der Waals surface area contributed by atoms with E-state index < -0.39 is 0 Å². The Morgan fingerprint density at radius 3 is 1.76 bits per heavy atom. The van der Waals surface area contributed by atoms with Crippen LogP contribution in [0, 0.1) is 0 Å². The van der Waals surface area contributed by atoms with Crippen LogP contribution < -0.4 is 14.6 Å². The van der Waals surface area contributed by atoms with E-state index in [1.54, 1.807) is 0 Å². The van der Waals surface area contributed by atoms with Crippen molar-refractivity contribution in [2.24, 2.45) is 5.10 Å². The molecule has 50 heavy (non-hydrogen) atoms. The van der Waals surface area contributed by atoms with Gasteiger partial charge >= 0.3 is 0 Å². The Labute approximate surface area is 295 Å². The van der Waals surface area contributed by atoms with Gasteiger partial charge in [-0.3, -0.25) is 0 Å². The number of para-hydroxylation sites is 2. The summed E-state index contributed by atoms with van der Waals surface area (Å²) in [6, 6.07) is 46.0. The van der Waals surface area contributed by atoms with E-state index in [1.807, 2.05) is 59.8 Å². The second-order valence-electron chi connectivity index (χ2n) is 12.7. The van der Waals surface area contributed by atoms with Crippen LogP contribution in [0.3, 0.4) is 0 Å². The minimum Gasteiger partial charge on any atom is -0.491 e. The van der Waals surface area contributed by atoms with Crippen LogP contribution in [-0.2, 0) is 20.6 Å². The van der Waals surface area contributed by atoms with E-state index in [4.69, 9.17) is 24.0 Å². The van der Waals surface area contributed by atoms with Crippen molar-refractivity contribution in [3.8, 4) is 5.75 Å². The van der Waals surface area contributed by atoms with Crippen molar-refractivity contribution in [3.05, 3.63) is 145 Å². The van der Waals surface area contributed by atoms with Crippen LogP contribution in [-0.4, -0.2) is 51.5 Å². The molecule has 2 atom stereocenters. The molecule has 5 aromatic rings. The van der Waals surface area contributed by atoms with Crippen LogP contribution in [0.2, 0.25) is 0 Å². The molecule has 2 aliphatic rings. The summed E-state index contributed by atoms with van der Waals surface area (Å²) in [6.45, 7) is 3.65. The van der Waals surface area contributed by atoms with Crippen molar-refractivity contribution in [1.29, 1.82) is 0 Å². The molecule has 2 unspecified atom stereocenters. The lowest BCUT2D eigenvalue weighted by Gasteiger charge is -2.25. The maximum Gasteiger partial charge on any atom is 0.119 e. The first-order valence-electron chi connectivity index (χ1n) is 17.8. The Balaban J connectivity index is 1.04. The van der Waals surface area contributed by atoms with Crippen LogP contribution in [0.25, 0.3) is 0 Å².